The molecule has 1 saturated heterocycles. The van der Waals surface area contributed by atoms with Gasteiger partial charge in [-0.25, -0.2) is 8.42 Å². The first-order chi connectivity index (χ1) is 11.2. The van der Waals surface area contributed by atoms with Crippen LogP contribution < -0.4 is 0 Å². The van der Waals surface area contributed by atoms with Gasteiger partial charge in [0, 0.05) is 32.8 Å². The van der Waals surface area contributed by atoms with Crippen LogP contribution in [-0.4, -0.2) is 93.6 Å². The fourth-order valence-corrected chi connectivity index (χ4v) is 3.19. The molecule has 0 aromatic carbocycles. The van der Waals surface area contributed by atoms with Gasteiger partial charge in [-0.2, -0.15) is 4.31 Å². The highest BCUT2D eigenvalue weighted by molar-refractivity contribution is 7.88. The molecular weight excluding hydrogens is 336 g/mol. The summed E-state index contributed by atoms with van der Waals surface area (Å²) in [5.41, 5.74) is 0. The van der Waals surface area contributed by atoms with Crippen molar-refractivity contribution in [3.05, 3.63) is 0 Å². The molecular formula is C15H30N2O6S. The molecule has 1 heterocycles. The minimum absolute atomic E-state index is 0.0514. The molecule has 0 aromatic heterocycles. The zero-order valence-corrected chi connectivity index (χ0v) is 15.6. The Kier molecular flexibility index (Phi) is 9.14. The van der Waals surface area contributed by atoms with E-state index >= 15 is 0 Å². The lowest BCUT2D eigenvalue weighted by atomic mass is 10.1. The number of hydrogen-bond donors (Lipinski definition) is 1. The maximum absolute atomic E-state index is 11.7. The largest absolute Gasteiger partial charge is 0.480 e. The Labute approximate surface area is 144 Å². The molecule has 1 fully saturated rings. The van der Waals surface area contributed by atoms with E-state index in [0.717, 1.165) is 36.7 Å². The van der Waals surface area contributed by atoms with E-state index in [1.165, 1.54) is 0 Å². The summed E-state index contributed by atoms with van der Waals surface area (Å²) in [6, 6.07) is 0. The van der Waals surface area contributed by atoms with Crippen molar-refractivity contribution < 1.29 is 27.8 Å². The third-order valence-electron chi connectivity index (χ3n) is 3.80. The Morgan fingerprint density at radius 1 is 1.42 bits per heavy atom. The molecule has 142 valence electrons. The standard InChI is InChI=1S/C15H30N2O6S/c1-13(2)4-7-22-8-5-16-6-9-23-14(10-16)11-17(12-15(18)19)24(3,20)21/h13-14H,4-12H2,1-3H3,(H,18,19). The molecule has 0 spiro atoms. The first-order valence-corrected chi connectivity index (χ1v) is 10.1. The predicted octanol–water partition coefficient (Wildman–Crippen LogP) is 0.0961. The summed E-state index contributed by atoms with van der Waals surface area (Å²) in [6.07, 6.45) is 1.71. The number of carboxylic acids is 1. The molecule has 1 aliphatic heterocycles. The topological polar surface area (TPSA) is 96.4 Å². The van der Waals surface area contributed by atoms with Gasteiger partial charge < -0.3 is 14.6 Å². The molecule has 8 nitrogen and oxygen atoms in total. The molecule has 0 bridgehead atoms. The Bertz CT molecular complexity index is 482. The molecule has 0 aliphatic carbocycles. The van der Waals surface area contributed by atoms with Crippen molar-refractivity contribution in [3.63, 3.8) is 0 Å². The number of hydrogen-bond acceptors (Lipinski definition) is 6. The summed E-state index contributed by atoms with van der Waals surface area (Å²) < 4.78 is 35.5. The zero-order chi connectivity index (χ0) is 18.2. The third-order valence-corrected chi connectivity index (χ3v) is 5.02. The zero-order valence-electron chi connectivity index (χ0n) is 14.8. The second kappa shape index (κ2) is 10.3. The minimum atomic E-state index is -3.58. The Morgan fingerprint density at radius 2 is 2.12 bits per heavy atom. The first-order valence-electron chi connectivity index (χ1n) is 8.27. The summed E-state index contributed by atoms with van der Waals surface area (Å²) >= 11 is 0. The Hall–Kier alpha value is -0.740. The van der Waals surface area contributed by atoms with Crippen LogP contribution in [0.25, 0.3) is 0 Å². The molecule has 0 radical (unpaired) electrons. The quantitative estimate of drug-likeness (QED) is 0.518. The van der Waals surface area contributed by atoms with Crippen molar-refractivity contribution in [2.24, 2.45) is 5.92 Å². The summed E-state index contributed by atoms with van der Waals surface area (Å²) in [4.78, 5) is 13.0. The number of carboxylic acid groups (broad SMARTS) is 1. The van der Waals surface area contributed by atoms with E-state index in [9.17, 15) is 13.2 Å². The van der Waals surface area contributed by atoms with Crippen LogP contribution >= 0.6 is 0 Å². The number of rotatable bonds is 11. The van der Waals surface area contributed by atoms with Gasteiger partial charge >= 0.3 is 5.97 Å². The van der Waals surface area contributed by atoms with Crippen LogP contribution in [0.3, 0.4) is 0 Å². The normalized spacial score (nSPS) is 20.0. The fourth-order valence-electron chi connectivity index (χ4n) is 2.40. The van der Waals surface area contributed by atoms with Gasteiger partial charge in [0.15, 0.2) is 0 Å². The van der Waals surface area contributed by atoms with E-state index in [1.807, 2.05) is 0 Å². The van der Waals surface area contributed by atoms with Crippen molar-refractivity contribution in [2.45, 2.75) is 26.4 Å². The number of carbonyl (C=O) groups is 1. The van der Waals surface area contributed by atoms with Gasteiger partial charge in [0.1, 0.15) is 6.54 Å². The molecule has 1 rings (SSSR count). The highest BCUT2D eigenvalue weighted by atomic mass is 32.2. The summed E-state index contributed by atoms with van der Waals surface area (Å²) in [5.74, 6) is -0.555. The number of ether oxygens (including phenoxy) is 2. The monoisotopic (exact) mass is 366 g/mol. The van der Waals surface area contributed by atoms with Crippen molar-refractivity contribution in [1.82, 2.24) is 9.21 Å². The number of nitrogens with zero attached hydrogens (tertiary/aromatic N) is 2. The van der Waals surface area contributed by atoms with Crippen molar-refractivity contribution >= 4 is 16.0 Å². The molecule has 0 aromatic rings. The van der Waals surface area contributed by atoms with E-state index in [-0.39, 0.29) is 12.6 Å². The number of sulfonamides is 1. The summed E-state index contributed by atoms with van der Waals surface area (Å²) in [7, 11) is -3.58. The van der Waals surface area contributed by atoms with Gasteiger partial charge in [0.25, 0.3) is 0 Å². The Balaban J connectivity index is 2.39. The molecule has 1 N–H and O–H groups in total. The predicted molar refractivity (Wildman–Crippen MR) is 90.5 cm³/mol. The molecule has 24 heavy (non-hydrogen) atoms. The minimum Gasteiger partial charge on any atom is -0.480 e. The van der Waals surface area contributed by atoms with Gasteiger partial charge in [-0.15, -0.1) is 0 Å². The SMILES string of the molecule is CC(C)CCOCCN1CCOC(CN(CC(=O)O)S(C)(=O)=O)C1. The first kappa shape index (κ1) is 21.3. The van der Waals surface area contributed by atoms with Crippen LogP contribution in [0.2, 0.25) is 0 Å². The second-order valence-electron chi connectivity index (χ2n) is 6.54. The molecule has 1 unspecified atom stereocenters. The van der Waals surface area contributed by atoms with Gasteiger partial charge in [-0.05, 0) is 12.3 Å². The maximum Gasteiger partial charge on any atom is 0.318 e. The van der Waals surface area contributed by atoms with Crippen LogP contribution in [0.15, 0.2) is 0 Å². The summed E-state index contributed by atoms with van der Waals surface area (Å²) in [5, 5.41) is 8.86. The van der Waals surface area contributed by atoms with Gasteiger partial charge in [-0.1, -0.05) is 13.8 Å². The molecule has 1 atom stereocenters. The lowest BCUT2D eigenvalue weighted by Crippen LogP contribution is -2.50. The van der Waals surface area contributed by atoms with E-state index in [2.05, 4.69) is 18.7 Å². The average Bonchev–Trinajstić information content (AvgIpc) is 2.45. The van der Waals surface area contributed by atoms with Crippen LogP contribution in [-0.2, 0) is 24.3 Å². The third kappa shape index (κ3) is 8.93. The van der Waals surface area contributed by atoms with Crippen LogP contribution in [0, 0.1) is 5.92 Å². The van der Waals surface area contributed by atoms with Crippen LogP contribution in [0.5, 0.6) is 0 Å². The smallest absolute Gasteiger partial charge is 0.318 e. The maximum atomic E-state index is 11.7. The lowest BCUT2D eigenvalue weighted by Gasteiger charge is -2.34. The van der Waals surface area contributed by atoms with E-state index in [4.69, 9.17) is 14.6 Å². The van der Waals surface area contributed by atoms with Gasteiger partial charge in [0.05, 0.1) is 25.6 Å². The molecule has 1 aliphatic rings. The van der Waals surface area contributed by atoms with E-state index < -0.39 is 22.5 Å². The van der Waals surface area contributed by atoms with E-state index in [1.54, 1.807) is 0 Å². The van der Waals surface area contributed by atoms with Gasteiger partial charge in [-0.3, -0.25) is 9.69 Å². The summed E-state index contributed by atoms with van der Waals surface area (Å²) in [6.45, 7) is 7.78. The van der Waals surface area contributed by atoms with Crippen LogP contribution in [0.4, 0.5) is 0 Å². The van der Waals surface area contributed by atoms with Crippen molar-refractivity contribution in [2.75, 3.05) is 58.8 Å². The molecule has 0 amide bonds. The van der Waals surface area contributed by atoms with E-state index in [0.29, 0.717) is 25.7 Å². The highest BCUT2D eigenvalue weighted by Crippen LogP contribution is 2.09. The number of aliphatic carboxylic acids is 1. The lowest BCUT2D eigenvalue weighted by molar-refractivity contribution is -0.137. The van der Waals surface area contributed by atoms with Crippen LogP contribution in [0.1, 0.15) is 20.3 Å². The van der Waals surface area contributed by atoms with Gasteiger partial charge in [0.2, 0.25) is 10.0 Å². The molecule has 9 heteroatoms. The molecule has 0 saturated carbocycles. The van der Waals surface area contributed by atoms with Crippen molar-refractivity contribution in [3.8, 4) is 0 Å². The number of morpholine rings is 1. The van der Waals surface area contributed by atoms with Crippen molar-refractivity contribution in [1.29, 1.82) is 0 Å². The Morgan fingerprint density at radius 3 is 2.71 bits per heavy atom. The second-order valence-corrected chi connectivity index (χ2v) is 8.52. The average molecular weight is 366 g/mol. The fraction of sp³-hybridized carbons (Fsp3) is 0.933. The highest BCUT2D eigenvalue weighted by Gasteiger charge is 2.27.